The summed E-state index contributed by atoms with van der Waals surface area (Å²) < 4.78 is 22.9. The van der Waals surface area contributed by atoms with Crippen molar-refractivity contribution in [3.05, 3.63) is 22.2 Å². The van der Waals surface area contributed by atoms with Gasteiger partial charge in [0, 0.05) is 15.9 Å². The van der Waals surface area contributed by atoms with Crippen LogP contribution in [0.5, 0.6) is 11.5 Å². The van der Waals surface area contributed by atoms with Crippen molar-refractivity contribution in [2.24, 2.45) is 0 Å². The molecular formula is C17H24BBrO6. The first-order valence-electron chi connectivity index (χ1n) is 8.02. The summed E-state index contributed by atoms with van der Waals surface area (Å²) in [7, 11) is 2.07. The molecule has 8 heteroatoms. The first kappa shape index (κ1) is 20.1. The molecule has 1 aromatic rings. The summed E-state index contributed by atoms with van der Waals surface area (Å²) in [5.74, 6) is -0.739. The Morgan fingerprint density at radius 2 is 1.80 bits per heavy atom. The Balaban J connectivity index is 2.51. The van der Waals surface area contributed by atoms with Crippen LogP contribution in [-0.2, 0) is 18.8 Å². The van der Waals surface area contributed by atoms with Crippen LogP contribution in [0.25, 0.3) is 0 Å². The van der Waals surface area contributed by atoms with E-state index < -0.39 is 30.1 Å². The van der Waals surface area contributed by atoms with Crippen molar-refractivity contribution in [2.75, 3.05) is 14.2 Å². The van der Waals surface area contributed by atoms with Gasteiger partial charge in [0.1, 0.15) is 0 Å². The monoisotopic (exact) mass is 414 g/mol. The Hall–Kier alpha value is -1.25. The lowest BCUT2D eigenvalue weighted by Crippen LogP contribution is -2.41. The number of ether oxygens (including phenoxy) is 2. The number of halogens is 1. The highest BCUT2D eigenvalue weighted by Gasteiger charge is 2.55. The number of phenolic OH excluding ortho intramolecular Hbond substituents is 1. The topological polar surface area (TPSA) is 74.2 Å². The van der Waals surface area contributed by atoms with Gasteiger partial charge in [-0.15, -0.1) is 0 Å². The van der Waals surface area contributed by atoms with Gasteiger partial charge in [-0.2, -0.15) is 0 Å². The molecule has 0 aromatic heterocycles. The van der Waals surface area contributed by atoms with Crippen LogP contribution in [-0.4, -0.2) is 43.6 Å². The van der Waals surface area contributed by atoms with E-state index in [4.69, 9.17) is 18.8 Å². The highest BCUT2D eigenvalue weighted by molar-refractivity contribution is 9.10. The third kappa shape index (κ3) is 3.81. The molecule has 1 atom stereocenters. The zero-order valence-electron chi connectivity index (χ0n) is 15.4. The van der Waals surface area contributed by atoms with E-state index in [2.05, 4.69) is 15.9 Å². The van der Waals surface area contributed by atoms with E-state index in [1.165, 1.54) is 14.2 Å². The third-order valence-corrected chi connectivity index (χ3v) is 5.62. The van der Waals surface area contributed by atoms with E-state index >= 15 is 0 Å². The Bertz CT molecular complexity index is 645. The van der Waals surface area contributed by atoms with Gasteiger partial charge in [-0.25, -0.2) is 0 Å². The lowest BCUT2D eigenvalue weighted by atomic mass is 9.66. The van der Waals surface area contributed by atoms with Gasteiger partial charge in [-0.3, -0.25) is 4.79 Å². The van der Waals surface area contributed by atoms with Crippen molar-refractivity contribution in [1.82, 2.24) is 0 Å². The van der Waals surface area contributed by atoms with Gasteiger partial charge in [0.25, 0.3) is 0 Å². The molecule has 0 saturated carbocycles. The SMILES string of the molecule is COC(=O)CC(B1OC(C)(C)C(C)(C)O1)c1c(Br)ccc(OC)c1O. The fourth-order valence-electron chi connectivity index (χ4n) is 2.73. The zero-order valence-corrected chi connectivity index (χ0v) is 17.0. The van der Waals surface area contributed by atoms with Crippen molar-refractivity contribution >= 4 is 29.0 Å². The van der Waals surface area contributed by atoms with Crippen LogP contribution in [0.2, 0.25) is 0 Å². The van der Waals surface area contributed by atoms with E-state index in [9.17, 15) is 9.90 Å². The van der Waals surface area contributed by atoms with E-state index in [1.807, 2.05) is 27.7 Å². The van der Waals surface area contributed by atoms with Crippen molar-refractivity contribution < 1.29 is 28.7 Å². The maximum Gasteiger partial charge on any atom is 0.466 e. The molecule has 1 unspecified atom stereocenters. The fraction of sp³-hybridized carbons (Fsp3) is 0.588. The number of hydrogen-bond donors (Lipinski definition) is 1. The smallest absolute Gasteiger partial charge is 0.466 e. The van der Waals surface area contributed by atoms with Crippen LogP contribution >= 0.6 is 15.9 Å². The maximum atomic E-state index is 12.0. The van der Waals surface area contributed by atoms with Crippen LogP contribution in [0.3, 0.4) is 0 Å². The number of esters is 1. The van der Waals surface area contributed by atoms with Crippen molar-refractivity contribution in [3.8, 4) is 11.5 Å². The minimum atomic E-state index is -0.724. The van der Waals surface area contributed by atoms with Gasteiger partial charge >= 0.3 is 13.1 Å². The van der Waals surface area contributed by atoms with Crippen LogP contribution in [0.4, 0.5) is 0 Å². The average Bonchev–Trinajstić information content (AvgIpc) is 2.74. The van der Waals surface area contributed by atoms with Gasteiger partial charge in [0.05, 0.1) is 31.8 Å². The summed E-state index contributed by atoms with van der Waals surface area (Å²) >= 11 is 3.45. The Morgan fingerprint density at radius 3 is 2.28 bits per heavy atom. The molecule has 0 spiro atoms. The normalized spacial score (nSPS) is 19.6. The van der Waals surface area contributed by atoms with Crippen molar-refractivity contribution in [3.63, 3.8) is 0 Å². The second kappa shape index (κ2) is 7.17. The summed E-state index contributed by atoms with van der Waals surface area (Å²) in [5.41, 5.74) is -0.636. The number of rotatable bonds is 5. The first-order valence-corrected chi connectivity index (χ1v) is 8.81. The van der Waals surface area contributed by atoms with E-state index in [1.54, 1.807) is 12.1 Å². The van der Waals surface area contributed by atoms with Crippen LogP contribution in [0.1, 0.15) is 45.5 Å². The Kier molecular flexibility index (Phi) is 5.76. The number of aromatic hydroxyl groups is 1. The molecule has 1 aliphatic heterocycles. The first-order chi connectivity index (χ1) is 11.5. The van der Waals surface area contributed by atoms with Gasteiger partial charge in [0.15, 0.2) is 11.5 Å². The minimum Gasteiger partial charge on any atom is -0.504 e. The molecule has 0 amide bonds. The summed E-state index contributed by atoms with van der Waals surface area (Å²) in [6.07, 6.45) is -0.00729. The number of benzene rings is 1. The van der Waals surface area contributed by atoms with Crippen molar-refractivity contribution in [1.29, 1.82) is 0 Å². The highest BCUT2D eigenvalue weighted by atomic mass is 79.9. The van der Waals surface area contributed by atoms with Crippen molar-refractivity contribution in [2.45, 2.75) is 51.1 Å². The molecule has 1 aromatic carbocycles. The number of methoxy groups -OCH3 is 2. The molecule has 1 saturated heterocycles. The molecule has 0 bridgehead atoms. The zero-order chi connectivity index (χ0) is 19.0. The predicted octanol–water partition coefficient (Wildman–Crippen LogP) is 3.44. The van der Waals surface area contributed by atoms with E-state index in [-0.39, 0.29) is 12.2 Å². The van der Waals surface area contributed by atoms with Crippen LogP contribution in [0, 0.1) is 0 Å². The number of phenols is 1. The molecule has 2 rings (SSSR count). The molecule has 25 heavy (non-hydrogen) atoms. The van der Waals surface area contributed by atoms with E-state index in [0.717, 1.165) is 0 Å². The molecule has 138 valence electrons. The molecule has 1 heterocycles. The number of carbonyl (C=O) groups is 1. The predicted molar refractivity (Wildman–Crippen MR) is 97.8 cm³/mol. The molecule has 1 aliphatic rings. The molecular weight excluding hydrogens is 391 g/mol. The number of hydrogen-bond acceptors (Lipinski definition) is 6. The molecule has 6 nitrogen and oxygen atoms in total. The second-order valence-electron chi connectivity index (χ2n) is 7.02. The number of carbonyl (C=O) groups excluding carboxylic acids is 1. The Morgan fingerprint density at radius 1 is 1.24 bits per heavy atom. The minimum absolute atomic E-state index is 0.00729. The highest BCUT2D eigenvalue weighted by Crippen LogP contribution is 2.47. The van der Waals surface area contributed by atoms with Gasteiger partial charge < -0.3 is 23.9 Å². The quantitative estimate of drug-likeness (QED) is 0.587. The van der Waals surface area contributed by atoms with E-state index in [0.29, 0.717) is 15.8 Å². The average molecular weight is 415 g/mol. The summed E-state index contributed by atoms with van der Waals surface area (Å²) in [5, 5.41) is 10.6. The maximum absolute atomic E-state index is 12.0. The second-order valence-corrected chi connectivity index (χ2v) is 7.88. The van der Waals surface area contributed by atoms with Gasteiger partial charge in [0.2, 0.25) is 0 Å². The third-order valence-electron chi connectivity index (χ3n) is 4.93. The molecule has 0 radical (unpaired) electrons. The standard InChI is InChI=1S/C17H24BBrO6/c1-16(2)17(3,4)25-18(24-16)10(9-13(20)23-6)14-11(19)7-8-12(22-5)15(14)21/h7-8,10,21H,9H2,1-6H3. The Labute approximate surface area is 157 Å². The van der Waals surface area contributed by atoms with Gasteiger partial charge in [-0.1, -0.05) is 15.9 Å². The molecule has 1 N–H and O–H groups in total. The lowest BCUT2D eigenvalue weighted by Gasteiger charge is -2.32. The van der Waals surface area contributed by atoms with Crippen LogP contribution in [0.15, 0.2) is 16.6 Å². The van der Waals surface area contributed by atoms with Crippen LogP contribution < -0.4 is 4.74 Å². The lowest BCUT2D eigenvalue weighted by molar-refractivity contribution is -0.140. The summed E-state index contributed by atoms with van der Waals surface area (Å²) in [4.78, 5) is 12.0. The summed E-state index contributed by atoms with van der Waals surface area (Å²) in [6, 6.07) is 3.39. The summed E-state index contributed by atoms with van der Waals surface area (Å²) in [6.45, 7) is 7.73. The van der Waals surface area contributed by atoms with Gasteiger partial charge in [-0.05, 0) is 39.8 Å². The fourth-order valence-corrected chi connectivity index (χ4v) is 3.34. The molecule has 0 aliphatic carbocycles. The largest absolute Gasteiger partial charge is 0.504 e. The molecule has 1 fully saturated rings.